The highest BCUT2D eigenvalue weighted by atomic mass is 19.4. The van der Waals surface area contributed by atoms with E-state index in [0.717, 1.165) is 0 Å². The zero-order valence-electron chi connectivity index (χ0n) is 9.75. The summed E-state index contributed by atoms with van der Waals surface area (Å²) in [6.07, 6.45) is -3.77. The molecule has 2 rings (SSSR count). The fourth-order valence-electron chi connectivity index (χ4n) is 1.56. The van der Waals surface area contributed by atoms with Crippen molar-refractivity contribution in [2.75, 3.05) is 7.11 Å². The number of aromatic nitrogens is 2. The minimum Gasteiger partial charge on any atom is -0.496 e. The molecule has 0 radical (unpaired) electrons. The molecular formula is C12H8F3N3O. The Balaban J connectivity index is 2.48. The third-order valence-corrected chi connectivity index (χ3v) is 2.47. The van der Waals surface area contributed by atoms with Crippen molar-refractivity contribution >= 4 is 0 Å². The lowest BCUT2D eigenvalue weighted by molar-refractivity contribution is -0.140. The Morgan fingerprint density at radius 3 is 2.63 bits per heavy atom. The second kappa shape index (κ2) is 4.65. The van der Waals surface area contributed by atoms with E-state index in [9.17, 15) is 13.2 Å². The number of nitrogens with one attached hydrogen (secondary N) is 1. The van der Waals surface area contributed by atoms with Crippen molar-refractivity contribution in [3.05, 3.63) is 35.7 Å². The first kappa shape index (κ1) is 13.0. The Morgan fingerprint density at radius 1 is 1.37 bits per heavy atom. The van der Waals surface area contributed by atoms with Crippen LogP contribution in [-0.4, -0.2) is 17.1 Å². The highest BCUT2D eigenvalue weighted by Crippen LogP contribution is 2.32. The Morgan fingerprint density at radius 2 is 2.11 bits per heavy atom. The molecule has 0 fully saturated rings. The number of benzene rings is 1. The zero-order chi connectivity index (χ0) is 14.0. The predicted octanol–water partition coefficient (Wildman–Crippen LogP) is 2.98. The van der Waals surface area contributed by atoms with Crippen LogP contribution in [0.5, 0.6) is 5.75 Å². The third-order valence-electron chi connectivity index (χ3n) is 2.47. The highest BCUT2D eigenvalue weighted by molar-refractivity contribution is 5.66. The van der Waals surface area contributed by atoms with E-state index in [4.69, 9.17) is 10.00 Å². The van der Waals surface area contributed by atoms with Crippen LogP contribution < -0.4 is 4.74 Å². The molecule has 0 saturated heterocycles. The predicted molar refractivity (Wildman–Crippen MR) is 60.3 cm³/mol. The highest BCUT2D eigenvalue weighted by Gasteiger charge is 2.33. The van der Waals surface area contributed by atoms with Gasteiger partial charge < -0.3 is 9.72 Å². The van der Waals surface area contributed by atoms with Gasteiger partial charge in [0.2, 0.25) is 0 Å². The number of hydrogen-bond acceptors (Lipinski definition) is 3. The molecular weight excluding hydrogens is 259 g/mol. The lowest BCUT2D eigenvalue weighted by Gasteiger charge is -2.06. The van der Waals surface area contributed by atoms with Crippen LogP contribution in [0.3, 0.4) is 0 Å². The second-order valence-corrected chi connectivity index (χ2v) is 3.67. The van der Waals surface area contributed by atoms with Gasteiger partial charge in [0.1, 0.15) is 17.3 Å². The van der Waals surface area contributed by atoms with Crippen LogP contribution in [0.1, 0.15) is 11.3 Å². The van der Waals surface area contributed by atoms with Gasteiger partial charge in [-0.25, -0.2) is 4.98 Å². The van der Waals surface area contributed by atoms with Crippen molar-refractivity contribution in [3.8, 4) is 23.2 Å². The van der Waals surface area contributed by atoms with Crippen LogP contribution in [0, 0.1) is 11.3 Å². The molecule has 0 unspecified atom stereocenters. The van der Waals surface area contributed by atoms with Gasteiger partial charge in [-0.05, 0) is 18.2 Å². The molecule has 0 aliphatic carbocycles. The van der Waals surface area contributed by atoms with Crippen LogP contribution in [0.4, 0.5) is 13.2 Å². The molecule has 2 aromatic rings. The maximum atomic E-state index is 12.5. The standard InChI is InChI=1S/C12H8F3N3O/c1-19-9-4-7(5-16)2-3-8(9)11-17-6-10(18-11)12(13,14)15/h2-4,6H,1H3,(H,17,18). The summed E-state index contributed by atoms with van der Waals surface area (Å²) in [5.41, 5.74) is -0.228. The van der Waals surface area contributed by atoms with Gasteiger partial charge in [-0.2, -0.15) is 18.4 Å². The van der Waals surface area contributed by atoms with E-state index in [0.29, 0.717) is 17.3 Å². The Hall–Kier alpha value is -2.49. The van der Waals surface area contributed by atoms with E-state index in [2.05, 4.69) is 9.97 Å². The van der Waals surface area contributed by atoms with Crippen LogP contribution in [0.2, 0.25) is 0 Å². The van der Waals surface area contributed by atoms with E-state index in [1.165, 1.54) is 25.3 Å². The van der Waals surface area contributed by atoms with Crippen LogP contribution in [0.25, 0.3) is 11.4 Å². The summed E-state index contributed by atoms with van der Waals surface area (Å²) in [5.74, 6) is 0.316. The third kappa shape index (κ3) is 2.52. The van der Waals surface area contributed by atoms with Crippen LogP contribution in [0.15, 0.2) is 24.4 Å². The number of H-pyrrole nitrogens is 1. The van der Waals surface area contributed by atoms with Crippen molar-refractivity contribution in [3.63, 3.8) is 0 Å². The largest absolute Gasteiger partial charge is 0.496 e. The van der Waals surface area contributed by atoms with Crippen molar-refractivity contribution < 1.29 is 17.9 Å². The summed E-state index contributed by atoms with van der Waals surface area (Å²) in [7, 11) is 1.37. The molecule has 1 aromatic carbocycles. The maximum absolute atomic E-state index is 12.5. The number of rotatable bonds is 2. The van der Waals surface area contributed by atoms with Gasteiger partial charge in [0.05, 0.1) is 30.5 Å². The molecule has 1 aromatic heterocycles. The van der Waals surface area contributed by atoms with Crippen LogP contribution in [-0.2, 0) is 6.18 Å². The Bertz CT molecular complexity index is 640. The number of hydrogen-bond donors (Lipinski definition) is 1. The van der Waals surface area contributed by atoms with Gasteiger partial charge in [-0.1, -0.05) is 0 Å². The number of alkyl halides is 3. The first-order valence-electron chi connectivity index (χ1n) is 5.16. The SMILES string of the molecule is COc1cc(C#N)ccc1-c1ncc(C(F)(F)F)[nH]1. The quantitative estimate of drug-likeness (QED) is 0.909. The van der Waals surface area contributed by atoms with Gasteiger partial charge in [0.15, 0.2) is 0 Å². The fourth-order valence-corrected chi connectivity index (χ4v) is 1.56. The lowest BCUT2D eigenvalue weighted by Crippen LogP contribution is -2.04. The molecule has 4 nitrogen and oxygen atoms in total. The Labute approximate surface area is 106 Å². The number of nitrogens with zero attached hydrogens (tertiary/aromatic N) is 2. The molecule has 0 amide bonds. The molecule has 1 heterocycles. The molecule has 0 aliphatic heterocycles. The Kier molecular flexibility index (Phi) is 3.17. The molecule has 0 saturated carbocycles. The summed E-state index contributed by atoms with van der Waals surface area (Å²) >= 11 is 0. The first-order chi connectivity index (χ1) is 8.95. The number of imidazole rings is 1. The number of nitriles is 1. The van der Waals surface area contributed by atoms with Crippen molar-refractivity contribution in [2.24, 2.45) is 0 Å². The van der Waals surface area contributed by atoms with E-state index in [1.54, 1.807) is 0 Å². The monoisotopic (exact) mass is 267 g/mol. The topological polar surface area (TPSA) is 61.7 Å². The molecule has 7 heteroatoms. The summed E-state index contributed by atoms with van der Waals surface area (Å²) in [5, 5.41) is 8.75. The van der Waals surface area contributed by atoms with Crippen molar-refractivity contribution in [1.29, 1.82) is 5.26 Å². The van der Waals surface area contributed by atoms with Gasteiger partial charge in [-0.15, -0.1) is 0 Å². The average Bonchev–Trinajstić information content (AvgIpc) is 2.87. The van der Waals surface area contributed by atoms with Crippen LogP contribution >= 0.6 is 0 Å². The fraction of sp³-hybridized carbons (Fsp3) is 0.167. The van der Waals surface area contributed by atoms with Gasteiger partial charge in [-0.3, -0.25) is 0 Å². The minimum absolute atomic E-state index is 0.0358. The number of halogens is 3. The number of methoxy groups -OCH3 is 1. The molecule has 1 N–H and O–H groups in total. The molecule has 98 valence electrons. The van der Waals surface area contributed by atoms with E-state index in [-0.39, 0.29) is 11.6 Å². The van der Waals surface area contributed by atoms with Crippen molar-refractivity contribution in [2.45, 2.75) is 6.18 Å². The summed E-state index contributed by atoms with van der Waals surface area (Å²) in [6.45, 7) is 0. The summed E-state index contributed by atoms with van der Waals surface area (Å²) in [4.78, 5) is 5.86. The second-order valence-electron chi connectivity index (χ2n) is 3.67. The van der Waals surface area contributed by atoms with Gasteiger partial charge in [0.25, 0.3) is 0 Å². The normalized spacial score (nSPS) is 11.1. The van der Waals surface area contributed by atoms with E-state index in [1.807, 2.05) is 6.07 Å². The summed E-state index contributed by atoms with van der Waals surface area (Å²) in [6, 6.07) is 6.32. The number of ether oxygens (including phenoxy) is 1. The van der Waals surface area contributed by atoms with E-state index < -0.39 is 11.9 Å². The lowest BCUT2D eigenvalue weighted by atomic mass is 10.1. The summed E-state index contributed by atoms with van der Waals surface area (Å²) < 4.78 is 42.5. The number of aromatic amines is 1. The van der Waals surface area contributed by atoms with Gasteiger partial charge >= 0.3 is 6.18 Å². The average molecular weight is 267 g/mol. The molecule has 0 bridgehead atoms. The minimum atomic E-state index is -4.48. The molecule has 0 aliphatic rings. The molecule has 19 heavy (non-hydrogen) atoms. The smallest absolute Gasteiger partial charge is 0.432 e. The zero-order valence-corrected chi connectivity index (χ0v) is 9.75. The van der Waals surface area contributed by atoms with Gasteiger partial charge in [0, 0.05) is 0 Å². The molecule has 0 spiro atoms. The van der Waals surface area contributed by atoms with E-state index >= 15 is 0 Å². The first-order valence-corrected chi connectivity index (χ1v) is 5.16. The van der Waals surface area contributed by atoms with Crippen molar-refractivity contribution in [1.82, 2.24) is 9.97 Å². The molecule has 0 atom stereocenters. The maximum Gasteiger partial charge on any atom is 0.432 e.